The topological polar surface area (TPSA) is 98.1 Å². The van der Waals surface area contributed by atoms with E-state index in [1.54, 1.807) is 18.5 Å². The van der Waals surface area contributed by atoms with Crippen LogP contribution in [0.3, 0.4) is 0 Å². The van der Waals surface area contributed by atoms with Crippen LogP contribution in [0, 0.1) is 13.8 Å². The van der Waals surface area contributed by atoms with Gasteiger partial charge in [0.15, 0.2) is 9.84 Å². The molecule has 0 saturated carbocycles. The molecule has 3 aromatic rings. The van der Waals surface area contributed by atoms with Crippen molar-refractivity contribution in [2.75, 3.05) is 11.0 Å². The Morgan fingerprint density at radius 3 is 1.96 bits per heavy atom. The fourth-order valence-electron chi connectivity index (χ4n) is 2.67. The van der Waals surface area contributed by atoms with E-state index >= 15 is 0 Å². The largest absolute Gasteiger partial charge is 0.276 e. The van der Waals surface area contributed by atoms with Gasteiger partial charge in [-0.3, -0.25) is 4.72 Å². The van der Waals surface area contributed by atoms with E-state index in [0.717, 1.165) is 11.9 Å². The van der Waals surface area contributed by atoms with E-state index < -0.39 is 19.9 Å². The first-order valence-electron chi connectivity index (χ1n) is 8.04. The first kappa shape index (κ1) is 19.1. The summed E-state index contributed by atoms with van der Waals surface area (Å²) in [6.07, 6.45) is 1.07. The molecule has 142 valence electrons. The molecule has 0 aliphatic heterocycles. The minimum atomic E-state index is -3.89. The lowest BCUT2D eigenvalue weighted by Gasteiger charge is -2.10. The van der Waals surface area contributed by atoms with Crippen LogP contribution in [0.1, 0.15) is 11.4 Å². The molecule has 1 heterocycles. The molecule has 1 aromatic heterocycles. The van der Waals surface area contributed by atoms with Crippen LogP contribution < -0.4 is 4.72 Å². The Bertz CT molecular complexity index is 1180. The highest BCUT2D eigenvalue weighted by molar-refractivity contribution is 7.92. The molecule has 0 bridgehead atoms. The van der Waals surface area contributed by atoms with E-state index in [0.29, 0.717) is 17.1 Å². The second-order valence-corrected chi connectivity index (χ2v) is 9.84. The molecule has 0 aliphatic carbocycles. The molecule has 0 atom stereocenters. The van der Waals surface area contributed by atoms with Gasteiger partial charge in [0.1, 0.15) is 0 Å². The van der Waals surface area contributed by atoms with Crippen LogP contribution >= 0.6 is 0 Å². The summed E-state index contributed by atoms with van der Waals surface area (Å²) in [4.78, 5) is 0.0341. The minimum Gasteiger partial charge on any atom is -0.276 e. The van der Waals surface area contributed by atoms with E-state index in [1.807, 2.05) is 30.3 Å². The fraction of sp³-hybridized carbons (Fsp3) is 0.167. The standard InChI is InChI=1S/C18H19N3O4S2/c1-13-18(14(2)21(19-13)15-7-5-4-6-8-15)20-27(24,25)17-11-9-16(10-12-17)26(3,22)23/h4-12,20H,1-3H3. The third kappa shape index (κ3) is 3.88. The molecule has 3 rings (SSSR count). The van der Waals surface area contributed by atoms with Crippen molar-refractivity contribution < 1.29 is 16.8 Å². The van der Waals surface area contributed by atoms with Crippen LogP contribution in [-0.4, -0.2) is 32.9 Å². The van der Waals surface area contributed by atoms with Crippen molar-refractivity contribution in [3.63, 3.8) is 0 Å². The maximum atomic E-state index is 12.7. The van der Waals surface area contributed by atoms with E-state index in [-0.39, 0.29) is 9.79 Å². The van der Waals surface area contributed by atoms with Gasteiger partial charge in [-0.05, 0) is 50.2 Å². The molecule has 1 N–H and O–H groups in total. The van der Waals surface area contributed by atoms with E-state index in [1.165, 1.54) is 24.3 Å². The number of rotatable bonds is 5. The number of nitrogens with zero attached hydrogens (tertiary/aromatic N) is 2. The predicted octanol–water partition coefficient (Wildman–Crippen LogP) is 2.69. The first-order chi connectivity index (χ1) is 12.6. The summed E-state index contributed by atoms with van der Waals surface area (Å²) in [7, 11) is -7.28. The number of sulfone groups is 1. The van der Waals surface area contributed by atoms with Crippen molar-refractivity contribution in [1.29, 1.82) is 0 Å². The zero-order valence-corrected chi connectivity index (χ0v) is 16.7. The number of hydrogen-bond acceptors (Lipinski definition) is 5. The Morgan fingerprint density at radius 2 is 1.41 bits per heavy atom. The average Bonchev–Trinajstić information content (AvgIpc) is 2.90. The molecule has 0 fully saturated rings. The highest BCUT2D eigenvalue weighted by Gasteiger charge is 2.21. The molecule has 9 heteroatoms. The molecule has 7 nitrogen and oxygen atoms in total. The second kappa shape index (κ2) is 6.82. The Kier molecular flexibility index (Phi) is 4.83. The Morgan fingerprint density at radius 1 is 0.852 bits per heavy atom. The molecule has 0 amide bonds. The van der Waals surface area contributed by atoms with Crippen LogP contribution in [0.2, 0.25) is 0 Å². The van der Waals surface area contributed by atoms with Gasteiger partial charge in [-0.1, -0.05) is 18.2 Å². The van der Waals surface area contributed by atoms with Gasteiger partial charge in [0.05, 0.1) is 32.6 Å². The van der Waals surface area contributed by atoms with Gasteiger partial charge >= 0.3 is 0 Å². The van der Waals surface area contributed by atoms with Gasteiger partial charge in [-0.15, -0.1) is 0 Å². The summed E-state index contributed by atoms with van der Waals surface area (Å²) >= 11 is 0. The zero-order chi connectivity index (χ0) is 19.8. The monoisotopic (exact) mass is 405 g/mol. The van der Waals surface area contributed by atoms with Gasteiger partial charge in [0.25, 0.3) is 10.0 Å². The Hall–Kier alpha value is -2.65. The summed E-state index contributed by atoms with van der Waals surface area (Å²) in [5.41, 5.74) is 2.40. The third-order valence-electron chi connectivity index (χ3n) is 4.09. The number of aromatic nitrogens is 2. The Labute approximate surface area is 158 Å². The highest BCUT2D eigenvalue weighted by Crippen LogP contribution is 2.26. The number of aryl methyl sites for hydroxylation is 1. The van der Waals surface area contributed by atoms with Gasteiger partial charge < -0.3 is 0 Å². The third-order valence-corrected chi connectivity index (χ3v) is 6.58. The fourth-order valence-corrected chi connectivity index (χ4v) is 4.48. The summed E-state index contributed by atoms with van der Waals surface area (Å²) < 4.78 is 52.7. The lowest BCUT2D eigenvalue weighted by atomic mass is 10.3. The molecule has 0 unspecified atom stereocenters. The highest BCUT2D eigenvalue weighted by atomic mass is 32.2. The second-order valence-electron chi connectivity index (χ2n) is 6.14. The number of para-hydroxylation sites is 1. The first-order valence-corrected chi connectivity index (χ1v) is 11.4. The summed E-state index contributed by atoms with van der Waals surface area (Å²) in [5.74, 6) is 0. The summed E-state index contributed by atoms with van der Waals surface area (Å²) in [5, 5.41) is 4.42. The van der Waals surface area contributed by atoms with E-state index in [2.05, 4.69) is 9.82 Å². The lowest BCUT2D eigenvalue weighted by Crippen LogP contribution is -2.14. The molecule has 2 aromatic carbocycles. The number of nitrogens with one attached hydrogen (secondary N) is 1. The van der Waals surface area contributed by atoms with Crippen molar-refractivity contribution in [1.82, 2.24) is 9.78 Å². The summed E-state index contributed by atoms with van der Waals surface area (Å²) in [6.45, 7) is 3.49. The van der Waals surface area contributed by atoms with Crippen LogP contribution in [0.25, 0.3) is 5.69 Å². The van der Waals surface area contributed by atoms with Crippen LogP contribution in [-0.2, 0) is 19.9 Å². The predicted molar refractivity (Wildman–Crippen MR) is 103 cm³/mol. The van der Waals surface area contributed by atoms with Crippen molar-refractivity contribution in [3.8, 4) is 5.69 Å². The number of hydrogen-bond donors (Lipinski definition) is 1. The van der Waals surface area contributed by atoms with E-state index in [9.17, 15) is 16.8 Å². The van der Waals surface area contributed by atoms with Gasteiger partial charge in [-0.25, -0.2) is 21.5 Å². The van der Waals surface area contributed by atoms with Crippen molar-refractivity contribution in [3.05, 3.63) is 66.0 Å². The van der Waals surface area contributed by atoms with Crippen molar-refractivity contribution in [2.45, 2.75) is 23.6 Å². The molecule has 0 spiro atoms. The SMILES string of the molecule is Cc1nn(-c2ccccc2)c(C)c1NS(=O)(=O)c1ccc(S(C)(=O)=O)cc1. The summed E-state index contributed by atoms with van der Waals surface area (Å²) in [6, 6.07) is 14.5. The smallest absolute Gasteiger partial charge is 0.262 e. The van der Waals surface area contributed by atoms with E-state index in [4.69, 9.17) is 0 Å². The van der Waals surface area contributed by atoms with Crippen LogP contribution in [0.5, 0.6) is 0 Å². The zero-order valence-electron chi connectivity index (χ0n) is 15.0. The van der Waals surface area contributed by atoms with Gasteiger partial charge in [0.2, 0.25) is 0 Å². The maximum absolute atomic E-state index is 12.7. The molecular weight excluding hydrogens is 386 g/mol. The number of benzene rings is 2. The van der Waals surface area contributed by atoms with Gasteiger partial charge in [-0.2, -0.15) is 5.10 Å². The molecular formula is C18H19N3O4S2. The minimum absolute atomic E-state index is 0.0267. The maximum Gasteiger partial charge on any atom is 0.262 e. The Balaban J connectivity index is 1.96. The number of anilines is 1. The molecule has 0 radical (unpaired) electrons. The molecule has 0 saturated heterocycles. The molecule has 0 aliphatic rings. The van der Waals surface area contributed by atoms with Crippen LogP contribution in [0.4, 0.5) is 5.69 Å². The lowest BCUT2D eigenvalue weighted by molar-refractivity contribution is 0.597. The van der Waals surface area contributed by atoms with Gasteiger partial charge in [0, 0.05) is 6.26 Å². The van der Waals surface area contributed by atoms with Crippen molar-refractivity contribution >= 4 is 25.5 Å². The van der Waals surface area contributed by atoms with Crippen molar-refractivity contribution in [2.24, 2.45) is 0 Å². The average molecular weight is 406 g/mol. The van der Waals surface area contributed by atoms with Crippen LogP contribution in [0.15, 0.2) is 64.4 Å². The quantitative estimate of drug-likeness (QED) is 0.704. The molecule has 27 heavy (non-hydrogen) atoms. The number of sulfonamides is 1. The normalized spacial score (nSPS) is 12.1.